The molecule has 0 bridgehead atoms. The summed E-state index contributed by atoms with van der Waals surface area (Å²) in [5.41, 5.74) is 6.62. The van der Waals surface area contributed by atoms with Crippen LogP contribution in [0.4, 0.5) is 4.39 Å². The zero-order chi connectivity index (χ0) is 19.3. The van der Waals surface area contributed by atoms with Crippen molar-refractivity contribution in [3.05, 3.63) is 40.8 Å². The van der Waals surface area contributed by atoms with Crippen LogP contribution in [-0.4, -0.2) is 41.4 Å². The van der Waals surface area contributed by atoms with Gasteiger partial charge < -0.3 is 15.8 Å². The van der Waals surface area contributed by atoms with E-state index < -0.39 is 23.7 Å². The van der Waals surface area contributed by atoms with Crippen molar-refractivity contribution in [1.82, 2.24) is 15.1 Å². The number of benzene rings is 1. The topological polar surface area (TPSA) is 99.2 Å². The minimum absolute atomic E-state index is 0.0809. The molecule has 0 aliphatic rings. The van der Waals surface area contributed by atoms with Crippen LogP contribution in [0.3, 0.4) is 0 Å². The number of nitrogens with zero attached hydrogens (tertiary/aromatic N) is 2. The van der Waals surface area contributed by atoms with Gasteiger partial charge in [0, 0.05) is 24.2 Å². The second-order valence-electron chi connectivity index (χ2n) is 5.63. The van der Waals surface area contributed by atoms with Gasteiger partial charge in [-0.3, -0.25) is 14.3 Å². The molecule has 0 aliphatic carbocycles. The third-order valence-electron chi connectivity index (χ3n) is 3.65. The third-order valence-corrected chi connectivity index (χ3v) is 3.93. The van der Waals surface area contributed by atoms with Gasteiger partial charge in [-0.25, -0.2) is 4.39 Å². The fourth-order valence-electron chi connectivity index (χ4n) is 2.43. The van der Waals surface area contributed by atoms with Crippen LogP contribution in [0, 0.1) is 5.82 Å². The molecular weight excluding hydrogens is 363 g/mol. The average Bonchev–Trinajstić information content (AvgIpc) is 2.98. The van der Waals surface area contributed by atoms with E-state index in [2.05, 4.69) is 15.2 Å². The summed E-state index contributed by atoms with van der Waals surface area (Å²) in [6.07, 6.45) is 2.30. The van der Waals surface area contributed by atoms with Gasteiger partial charge in [0.1, 0.15) is 11.9 Å². The molecular formula is C17H20ClFN4O3. The van der Waals surface area contributed by atoms with E-state index >= 15 is 0 Å². The second kappa shape index (κ2) is 8.77. The van der Waals surface area contributed by atoms with Gasteiger partial charge in [0.05, 0.1) is 24.0 Å². The molecule has 1 aromatic heterocycles. The number of carbonyl (C=O) groups is 2. The molecule has 0 saturated carbocycles. The molecule has 3 N–H and O–H groups in total. The normalized spacial score (nSPS) is 11.9. The Labute approximate surface area is 155 Å². The van der Waals surface area contributed by atoms with E-state index in [9.17, 15) is 14.0 Å². The van der Waals surface area contributed by atoms with Crippen LogP contribution in [0.25, 0.3) is 11.3 Å². The van der Waals surface area contributed by atoms with E-state index in [0.29, 0.717) is 22.8 Å². The number of hydrogen-bond donors (Lipinski definition) is 2. The molecule has 1 heterocycles. The molecule has 0 spiro atoms. The Kier molecular flexibility index (Phi) is 6.70. The Hall–Kier alpha value is -2.45. The number of aromatic nitrogens is 2. The molecule has 7 nitrogen and oxygen atoms in total. The second-order valence-corrected chi connectivity index (χ2v) is 6.04. The highest BCUT2D eigenvalue weighted by atomic mass is 35.5. The molecule has 0 saturated heterocycles. The summed E-state index contributed by atoms with van der Waals surface area (Å²) in [4.78, 5) is 23.6. The van der Waals surface area contributed by atoms with Gasteiger partial charge in [0.15, 0.2) is 0 Å². The van der Waals surface area contributed by atoms with Crippen molar-refractivity contribution >= 4 is 23.5 Å². The van der Waals surface area contributed by atoms with Crippen LogP contribution < -0.4 is 11.1 Å². The Morgan fingerprint density at radius 2 is 2.15 bits per heavy atom. The quantitative estimate of drug-likeness (QED) is 0.713. The lowest BCUT2D eigenvalue weighted by atomic mass is 10.1. The van der Waals surface area contributed by atoms with Crippen molar-refractivity contribution in [2.24, 2.45) is 5.73 Å². The minimum atomic E-state index is -1.00. The molecule has 0 radical (unpaired) electrons. The van der Waals surface area contributed by atoms with Crippen LogP contribution in [0.1, 0.15) is 23.7 Å². The van der Waals surface area contributed by atoms with E-state index in [1.807, 2.05) is 6.92 Å². The highest BCUT2D eigenvalue weighted by Crippen LogP contribution is 2.29. The van der Waals surface area contributed by atoms with E-state index in [1.165, 1.54) is 25.4 Å². The van der Waals surface area contributed by atoms with Crippen molar-refractivity contribution in [1.29, 1.82) is 0 Å². The summed E-state index contributed by atoms with van der Waals surface area (Å²) in [6.45, 7) is 2.45. The molecule has 1 amide bonds. The average molecular weight is 383 g/mol. The number of ether oxygens (including phenoxy) is 1. The van der Waals surface area contributed by atoms with E-state index in [-0.39, 0.29) is 12.1 Å². The van der Waals surface area contributed by atoms with Crippen LogP contribution in [0.15, 0.2) is 24.4 Å². The molecule has 0 unspecified atom stereocenters. The molecule has 0 fully saturated rings. The van der Waals surface area contributed by atoms with Crippen LogP contribution >= 0.6 is 11.6 Å². The standard InChI is InChI=1S/C17H20ClFN4O3/c1-3-4-23-15(13(18)8-22-23)10-5-11(7-12(19)6-10)16(24)21-9-14(20)17(25)26-2/h5-8,14H,3-4,9,20H2,1-2H3,(H,21,24)/t14-/m1/s1. The SMILES string of the molecule is CCCn1ncc(Cl)c1-c1cc(F)cc(C(=O)NC[C@@H](N)C(=O)OC)c1. The Bertz CT molecular complexity index is 809. The molecule has 2 aromatic rings. The number of nitrogens with two attached hydrogens (primary N) is 1. The minimum Gasteiger partial charge on any atom is -0.468 e. The number of amides is 1. The van der Waals surface area contributed by atoms with E-state index in [4.69, 9.17) is 17.3 Å². The Morgan fingerprint density at radius 3 is 2.81 bits per heavy atom. The van der Waals surface area contributed by atoms with Crippen LogP contribution in [-0.2, 0) is 16.1 Å². The summed E-state index contributed by atoms with van der Waals surface area (Å²) in [7, 11) is 1.20. The number of aryl methyl sites for hydroxylation is 1. The number of methoxy groups -OCH3 is 1. The Balaban J connectivity index is 2.26. The highest BCUT2D eigenvalue weighted by molar-refractivity contribution is 6.33. The number of carbonyl (C=O) groups excluding carboxylic acids is 2. The maximum atomic E-state index is 14.1. The summed E-state index contributed by atoms with van der Waals surface area (Å²) in [5, 5.41) is 7.01. The van der Waals surface area contributed by atoms with Gasteiger partial charge in [0.2, 0.25) is 0 Å². The maximum Gasteiger partial charge on any atom is 0.324 e. The number of esters is 1. The number of nitrogens with one attached hydrogen (secondary N) is 1. The van der Waals surface area contributed by atoms with E-state index in [1.54, 1.807) is 4.68 Å². The third kappa shape index (κ3) is 4.59. The zero-order valence-electron chi connectivity index (χ0n) is 14.5. The molecule has 26 heavy (non-hydrogen) atoms. The van der Waals surface area contributed by atoms with Crippen LogP contribution in [0.2, 0.25) is 5.02 Å². The van der Waals surface area contributed by atoms with E-state index in [0.717, 1.165) is 12.5 Å². The number of halogens is 2. The van der Waals surface area contributed by atoms with Crippen molar-refractivity contribution in [2.75, 3.05) is 13.7 Å². The van der Waals surface area contributed by atoms with Crippen molar-refractivity contribution < 1.29 is 18.7 Å². The van der Waals surface area contributed by atoms with Crippen LogP contribution in [0.5, 0.6) is 0 Å². The van der Waals surface area contributed by atoms with Gasteiger partial charge in [-0.2, -0.15) is 5.10 Å². The molecule has 1 atom stereocenters. The lowest BCUT2D eigenvalue weighted by molar-refractivity contribution is -0.141. The van der Waals surface area contributed by atoms with Gasteiger partial charge in [-0.05, 0) is 24.6 Å². The summed E-state index contributed by atoms with van der Waals surface area (Å²) < 4.78 is 20.2. The molecule has 0 aliphatic heterocycles. The first-order chi connectivity index (χ1) is 12.4. The lowest BCUT2D eigenvalue weighted by Crippen LogP contribution is -2.43. The maximum absolute atomic E-state index is 14.1. The number of rotatable bonds is 7. The molecule has 1 aromatic carbocycles. The largest absolute Gasteiger partial charge is 0.468 e. The highest BCUT2D eigenvalue weighted by Gasteiger charge is 2.18. The smallest absolute Gasteiger partial charge is 0.324 e. The van der Waals surface area contributed by atoms with Gasteiger partial charge in [0.25, 0.3) is 5.91 Å². The summed E-state index contributed by atoms with van der Waals surface area (Å²) in [6, 6.07) is 2.89. The monoisotopic (exact) mass is 382 g/mol. The molecule has 2 rings (SSSR count). The lowest BCUT2D eigenvalue weighted by Gasteiger charge is -2.12. The van der Waals surface area contributed by atoms with Gasteiger partial charge in [-0.1, -0.05) is 18.5 Å². The summed E-state index contributed by atoms with van der Waals surface area (Å²) >= 11 is 6.18. The molecule has 9 heteroatoms. The zero-order valence-corrected chi connectivity index (χ0v) is 15.2. The van der Waals surface area contributed by atoms with Gasteiger partial charge in [-0.15, -0.1) is 0 Å². The first-order valence-electron chi connectivity index (χ1n) is 8.01. The van der Waals surface area contributed by atoms with Crippen molar-refractivity contribution in [3.8, 4) is 11.3 Å². The van der Waals surface area contributed by atoms with Crippen molar-refractivity contribution in [3.63, 3.8) is 0 Å². The molecule has 140 valence electrons. The first-order valence-corrected chi connectivity index (χ1v) is 8.39. The first kappa shape index (κ1) is 19.9. The predicted octanol–water partition coefficient (Wildman–Crippen LogP) is 1.98. The fourth-order valence-corrected chi connectivity index (χ4v) is 2.68. The van der Waals surface area contributed by atoms with Gasteiger partial charge >= 0.3 is 5.97 Å². The Morgan fingerprint density at radius 1 is 1.42 bits per heavy atom. The summed E-state index contributed by atoms with van der Waals surface area (Å²) in [5.74, 6) is -1.81. The number of hydrogen-bond acceptors (Lipinski definition) is 5. The van der Waals surface area contributed by atoms with Crippen molar-refractivity contribution in [2.45, 2.75) is 25.9 Å². The predicted molar refractivity (Wildman–Crippen MR) is 95.2 cm³/mol. The fraction of sp³-hybridized carbons (Fsp3) is 0.353.